The van der Waals surface area contributed by atoms with Crippen LogP contribution in [-0.2, 0) is 14.3 Å². The van der Waals surface area contributed by atoms with Crippen molar-refractivity contribution >= 4 is 5.91 Å². The molecule has 0 aliphatic carbocycles. The lowest BCUT2D eigenvalue weighted by atomic mass is 9.99. The second kappa shape index (κ2) is 53.6. The quantitative estimate of drug-likeness (QED) is 0.0330. The first-order valence-corrected chi connectivity index (χ1v) is 32.2. The highest BCUT2D eigenvalue weighted by atomic mass is 16.7. The van der Waals surface area contributed by atoms with Crippen LogP contribution in [0.4, 0.5) is 0 Å². The minimum absolute atomic E-state index is 0.130. The summed E-state index contributed by atoms with van der Waals surface area (Å²) >= 11 is 0. The van der Waals surface area contributed by atoms with Crippen LogP contribution >= 0.6 is 0 Å². The normalized spacial score (nSPS) is 19.0. The first kappa shape index (κ1) is 69.2. The number of unbranched alkanes of at least 4 members (excludes halogenated alkanes) is 47. The number of hydrogen-bond donors (Lipinski definition) is 6. The number of carbonyl (C=O) groups excluding carboxylic acids is 1. The molecule has 0 aromatic carbocycles. The fourth-order valence-corrected chi connectivity index (χ4v) is 10.9. The van der Waals surface area contributed by atoms with E-state index >= 15 is 0 Å². The molecule has 0 bridgehead atoms. The van der Waals surface area contributed by atoms with Crippen molar-refractivity contribution in [1.29, 1.82) is 0 Å². The minimum atomic E-state index is -1.55. The van der Waals surface area contributed by atoms with E-state index in [9.17, 15) is 30.3 Å². The highest BCUT2D eigenvalue weighted by Crippen LogP contribution is 2.24. The van der Waals surface area contributed by atoms with Gasteiger partial charge in [0.05, 0.1) is 25.4 Å². The summed E-state index contributed by atoms with van der Waals surface area (Å²) in [5, 5.41) is 54.8. The zero-order chi connectivity index (χ0) is 52.2. The molecule has 7 unspecified atom stereocenters. The summed E-state index contributed by atoms with van der Waals surface area (Å²) in [6.45, 7) is 3.90. The first-order chi connectivity index (χ1) is 35.3. The number of amides is 1. The standard InChI is InChI=1S/C63H125NO8/c1-3-5-7-9-11-13-15-17-19-21-23-25-27-28-29-31-32-34-36-38-40-42-44-46-48-50-52-57(66)56(55-71-63-62(70)61(69)60(68)58(54-65)72-63)64-59(67)53-51-49-47-45-43-41-39-37-35-33-30-26-24-22-20-18-16-14-12-10-8-6-4-2/h56-58,60-63,65-66,68-70H,3-55H2,1-2H3,(H,64,67). The monoisotopic (exact) mass is 1020 g/mol. The number of rotatable bonds is 57. The predicted octanol–water partition coefficient (Wildman–Crippen LogP) is 16.6. The van der Waals surface area contributed by atoms with Crippen LogP contribution in [0.5, 0.6) is 0 Å². The van der Waals surface area contributed by atoms with Crippen LogP contribution < -0.4 is 5.32 Å². The molecule has 1 aliphatic rings. The van der Waals surface area contributed by atoms with Gasteiger partial charge in [-0.3, -0.25) is 4.79 Å². The van der Waals surface area contributed by atoms with Crippen molar-refractivity contribution in [2.45, 2.75) is 384 Å². The zero-order valence-corrected chi connectivity index (χ0v) is 48.0. The lowest BCUT2D eigenvalue weighted by Crippen LogP contribution is -2.60. The predicted molar refractivity (Wildman–Crippen MR) is 304 cm³/mol. The zero-order valence-electron chi connectivity index (χ0n) is 48.0. The van der Waals surface area contributed by atoms with Gasteiger partial charge in [0.1, 0.15) is 24.4 Å². The number of carbonyl (C=O) groups is 1. The van der Waals surface area contributed by atoms with E-state index < -0.39 is 49.5 Å². The Labute approximate surface area is 446 Å². The molecule has 9 nitrogen and oxygen atoms in total. The Morgan fingerprint density at radius 2 is 0.694 bits per heavy atom. The van der Waals surface area contributed by atoms with Crippen molar-refractivity contribution in [2.24, 2.45) is 0 Å². The molecule has 1 heterocycles. The van der Waals surface area contributed by atoms with Gasteiger partial charge in [-0.25, -0.2) is 0 Å². The van der Waals surface area contributed by atoms with Crippen molar-refractivity contribution in [3.63, 3.8) is 0 Å². The smallest absolute Gasteiger partial charge is 0.220 e. The molecule has 0 saturated carbocycles. The molecule has 1 amide bonds. The SMILES string of the molecule is CCCCCCCCCCCCCCCCCCCCCCCCCCCCC(O)C(COC1OC(CO)C(O)C(O)C1O)NC(=O)CCCCCCCCCCCCCCCCCCCCCCCCC. The van der Waals surface area contributed by atoms with Crippen molar-refractivity contribution in [2.75, 3.05) is 13.2 Å². The number of hydrogen-bond acceptors (Lipinski definition) is 8. The van der Waals surface area contributed by atoms with Crippen molar-refractivity contribution in [3.05, 3.63) is 0 Å². The van der Waals surface area contributed by atoms with Crippen LogP contribution in [0.3, 0.4) is 0 Å². The second-order valence-electron chi connectivity index (χ2n) is 22.9. The van der Waals surface area contributed by atoms with Crippen LogP contribution in [0.2, 0.25) is 0 Å². The van der Waals surface area contributed by atoms with Crippen LogP contribution in [0.1, 0.15) is 341 Å². The van der Waals surface area contributed by atoms with Gasteiger partial charge in [0, 0.05) is 6.42 Å². The largest absolute Gasteiger partial charge is 0.394 e. The van der Waals surface area contributed by atoms with E-state index in [-0.39, 0.29) is 12.5 Å². The van der Waals surface area contributed by atoms with E-state index in [2.05, 4.69) is 19.2 Å². The topological polar surface area (TPSA) is 149 Å². The fraction of sp³-hybridized carbons (Fsp3) is 0.984. The molecule has 0 spiro atoms. The summed E-state index contributed by atoms with van der Waals surface area (Å²) in [7, 11) is 0. The highest BCUT2D eigenvalue weighted by Gasteiger charge is 2.44. The van der Waals surface area contributed by atoms with Gasteiger partial charge in [-0.05, 0) is 12.8 Å². The van der Waals surface area contributed by atoms with Gasteiger partial charge in [-0.15, -0.1) is 0 Å². The molecule has 1 rings (SSSR count). The van der Waals surface area contributed by atoms with E-state index in [0.717, 1.165) is 38.5 Å². The summed E-state index contributed by atoms with van der Waals surface area (Å²) in [5.74, 6) is -0.134. The molecule has 1 aliphatic heterocycles. The lowest BCUT2D eigenvalue weighted by molar-refractivity contribution is -0.302. The fourth-order valence-electron chi connectivity index (χ4n) is 10.9. The Morgan fingerprint density at radius 3 is 0.986 bits per heavy atom. The minimum Gasteiger partial charge on any atom is -0.394 e. The maximum atomic E-state index is 13.1. The van der Waals surface area contributed by atoms with Crippen LogP contribution in [-0.4, -0.2) is 87.5 Å². The van der Waals surface area contributed by atoms with Gasteiger partial charge >= 0.3 is 0 Å². The third-order valence-electron chi connectivity index (χ3n) is 16.0. The summed E-state index contributed by atoms with van der Waals surface area (Å²) in [4.78, 5) is 13.1. The molecular weight excluding hydrogens is 899 g/mol. The molecule has 0 radical (unpaired) electrons. The number of nitrogens with one attached hydrogen (secondary N) is 1. The molecule has 7 atom stereocenters. The average Bonchev–Trinajstić information content (AvgIpc) is 3.38. The molecule has 430 valence electrons. The van der Waals surface area contributed by atoms with E-state index in [0.29, 0.717) is 12.8 Å². The van der Waals surface area contributed by atoms with Crippen LogP contribution in [0.15, 0.2) is 0 Å². The third-order valence-corrected chi connectivity index (χ3v) is 16.0. The van der Waals surface area contributed by atoms with Gasteiger partial charge in [-0.1, -0.05) is 322 Å². The average molecular weight is 1020 g/mol. The molecular formula is C63H125NO8. The van der Waals surface area contributed by atoms with E-state index in [1.807, 2.05) is 0 Å². The molecule has 72 heavy (non-hydrogen) atoms. The summed E-state index contributed by atoms with van der Waals surface area (Å²) in [6, 6.07) is -0.714. The van der Waals surface area contributed by atoms with Crippen LogP contribution in [0, 0.1) is 0 Å². The van der Waals surface area contributed by atoms with Gasteiger partial charge in [-0.2, -0.15) is 0 Å². The Bertz CT molecular complexity index is 1100. The Morgan fingerprint density at radius 1 is 0.417 bits per heavy atom. The highest BCUT2D eigenvalue weighted by molar-refractivity contribution is 5.76. The summed E-state index contributed by atoms with van der Waals surface area (Å²) in [5.41, 5.74) is 0. The molecule has 0 aromatic rings. The van der Waals surface area contributed by atoms with Gasteiger partial charge in [0.15, 0.2) is 6.29 Å². The van der Waals surface area contributed by atoms with E-state index in [4.69, 9.17) is 9.47 Å². The van der Waals surface area contributed by atoms with Crippen molar-refractivity contribution in [3.8, 4) is 0 Å². The first-order valence-electron chi connectivity index (χ1n) is 32.2. The van der Waals surface area contributed by atoms with Gasteiger partial charge in [0.2, 0.25) is 5.91 Å². The Hall–Kier alpha value is -0.810. The Balaban J connectivity index is 2.14. The molecule has 9 heteroatoms. The van der Waals surface area contributed by atoms with Gasteiger partial charge in [0.25, 0.3) is 0 Å². The maximum Gasteiger partial charge on any atom is 0.220 e. The number of aliphatic hydroxyl groups excluding tert-OH is 5. The molecule has 1 fully saturated rings. The van der Waals surface area contributed by atoms with E-state index in [1.54, 1.807) is 0 Å². The third kappa shape index (κ3) is 42.3. The molecule has 0 aromatic heterocycles. The molecule has 6 N–H and O–H groups in total. The molecule has 1 saturated heterocycles. The van der Waals surface area contributed by atoms with Crippen LogP contribution in [0.25, 0.3) is 0 Å². The van der Waals surface area contributed by atoms with Crippen molar-refractivity contribution in [1.82, 2.24) is 5.32 Å². The summed E-state index contributed by atoms with van der Waals surface area (Å²) < 4.78 is 11.4. The number of ether oxygens (including phenoxy) is 2. The lowest BCUT2D eigenvalue weighted by Gasteiger charge is -2.40. The van der Waals surface area contributed by atoms with E-state index in [1.165, 1.54) is 276 Å². The number of aliphatic hydroxyl groups is 5. The van der Waals surface area contributed by atoms with Crippen molar-refractivity contribution < 1.29 is 39.8 Å². The van der Waals surface area contributed by atoms with Gasteiger partial charge < -0.3 is 40.3 Å². The maximum absolute atomic E-state index is 13.1. The summed E-state index contributed by atoms with van der Waals surface area (Å²) in [6.07, 6.45) is 58.6. The Kier molecular flexibility index (Phi) is 51.5. The second-order valence-corrected chi connectivity index (χ2v) is 22.9.